The third-order valence-corrected chi connectivity index (χ3v) is 5.97. The number of carbonyl (C=O) groups excluding carboxylic acids is 1. The number of nitrogens with zero attached hydrogens (tertiary/aromatic N) is 3. The van der Waals surface area contributed by atoms with E-state index in [2.05, 4.69) is 48.5 Å². The van der Waals surface area contributed by atoms with Gasteiger partial charge >= 0.3 is 0 Å². The summed E-state index contributed by atoms with van der Waals surface area (Å²) in [6.45, 7) is 0.239. The fourth-order valence-electron chi connectivity index (χ4n) is 4.10. The van der Waals surface area contributed by atoms with Crippen LogP contribution in [0.15, 0.2) is 109 Å². The second-order valence-electron chi connectivity index (χ2n) is 8.13. The van der Waals surface area contributed by atoms with Crippen molar-refractivity contribution in [1.82, 2.24) is 9.55 Å². The van der Waals surface area contributed by atoms with Gasteiger partial charge in [-0.3, -0.25) is 4.79 Å². The van der Waals surface area contributed by atoms with Gasteiger partial charge in [-0.2, -0.15) is 0 Å². The summed E-state index contributed by atoms with van der Waals surface area (Å²) in [6.07, 6.45) is 0.659. The Bertz CT molecular complexity index is 1370. The van der Waals surface area contributed by atoms with Gasteiger partial charge in [-0.25, -0.2) is 4.98 Å². The Morgan fingerprint density at radius 3 is 2.09 bits per heavy atom. The van der Waals surface area contributed by atoms with Crippen LogP contribution < -0.4 is 4.90 Å². The third-order valence-electron chi connectivity index (χ3n) is 5.97. The molecule has 4 aromatic carbocycles. The Hall–Kier alpha value is -4.18. The summed E-state index contributed by atoms with van der Waals surface area (Å²) in [6, 6.07) is 36.7. The Morgan fingerprint density at radius 1 is 0.758 bits per heavy atom. The number of aromatic nitrogens is 2. The lowest BCUT2D eigenvalue weighted by Crippen LogP contribution is -2.30. The molecule has 1 heterocycles. The quantitative estimate of drug-likeness (QED) is 0.333. The number of hydrogen-bond donors (Lipinski definition) is 0. The summed E-state index contributed by atoms with van der Waals surface area (Å²) in [5.41, 5.74) is 6.31. The van der Waals surface area contributed by atoms with Crippen LogP contribution in [0.1, 0.15) is 11.4 Å². The number of anilines is 1. The van der Waals surface area contributed by atoms with E-state index in [0.717, 1.165) is 28.1 Å². The molecule has 0 aliphatic rings. The van der Waals surface area contributed by atoms with Crippen LogP contribution in [0.25, 0.3) is 22.2 Å². The summed E-state index contributed by atoms with van der Waals surface area (Å²) in [4.78, 5) is 19.7. The van der Waals surface area contributed by atoms with Gasteiger partial charge in [-0.05, 0) is 41.0 Å². The second kappa shape index (κ2) is 9.13. The summed E-state index contributed by atoms with van der Waals surface area (Å²) < 4.78 is 2.04. The van der Waals surface area contributed by atoms with Crippen molar-refractivity contribution in [2.45, 2.75) is 13.0 Å². The van der Waals surface area contributed by atoms with Crippen LogP contribution in [0, 0.1) is 0 Å². The number of rotatable bonds is 6. The van der Waals surface area contributed by atoms with E-state index in [1.54, 1.807) is 4.90 Å². The topological polar surface area (TPSA) is 38.1 Å². The maximum absolute atomic E-state index is 13.1. The zero-order chi connectivity index (χ0) is 22.6. The summed E-state index contributed by atoms with van der Waals surface area (Å²) in [5, 5.41) is 0. The molecule has 0 unspecified atom stereocenters. The molecular formula is C29H25N3O. The second-order valence-corrected chi connectivity index (χ2v) is 8.13. The fraction of sp³-hybridized carbons (Fsp3) is 0.103. The molecule has 4 heteroatoms. The van der Waals surface area contributed by atoms with Gasteiger partial charge in [-0.15, -0.1) is 0 Å². The van der Waals surface area contributed by atoms with E-state index >= 15 is 0 Å². The van der Waals surface area contributed by atoms with Crippen molar-refractivity contribution in [2.75, 3.05) is 11.9 Å². The maximum atomic E-state index is 13.1. The highest BCUT2D eigenvalue weighted by molar-refractivity contribution is 5.93. The van der Waals surface area contributed by atoms with E-state index in [4.69, 9.17) is 4.98 Å². The minimum Gasteiger partial charge on any atom is -0.318 e. The number of benzene rings is 4. The predicted molar refractivity (Wildman–Crippen MR) is 134 cm³/mol. The largest absolute Gasteiger partial charge is 0.318 e. The Kier molecular flexibility index (Phi) is 5.73. The molecule has 1 amide bonds. The number of imidazole rings is 1. The van der Waals surface area contributed by atoms with Gasteiger partial charge in [0.25, 0.3) is 0 Å². The monoisotopic (exact) mass is 431 g/mol. The summed E-state index contributed by atoms with van der Waals surface area (Å²) >= 11 is 0. The van der Waals surface area contributed by atoms with Crippen molar-refractivity contribution in [3.8, 4) is 11.1 Å². The number of carbonyl (C=O) groups is 1. The van der Waals surface area contributed by atoms with E-state index in [0.29, 0.717) is 6.42 Å². The van der Waals surface area contributed by atoms with Gasteiger partial charge in [0.2, 0.25) is 5.91 Å². The first kappa shape index (κ1) is 20.7. The van der Waals surface area contributed by atoms with Crippen molar-refractivity contribution >= 4 is 22.6 Å². The van der Waals surface area contributed by atoms with Crippen molar-refractivity contribution in [3.63, 3.8) is 0 Å². The minimum absolute atomic E-state index is 0.0185. The number of hydrogen-bond acceptors (Lipinski definition) is 2. The standard InChI is InChI=1S/C29H25N3O/c1-31(25-12-6-3-7-13-25)29(33)21-32-27-15-9-8-14-26(27)30-28(32)20-22-16-18-24(19-17-22)23-10-4-2-5-11-23/h2-19H,20-21H2,1H3. The average molecular weight is 432 g/mol. The van der Waals surface area contributed by atoms with Crippen molar-refractivity contribution in [2.24, 2.45) is 0 Å². The molecule has 0 bridgehead atoms. The molecule has 162 valence electrons. The Balaban J connectivity index is 1.43. The molecule has 5 aromatic rings. The van der Waals surface area contributed by atoms with Crippen molar-refractivity contribution in [1.29, 1.82) is 0 Å². The molecule has 0 radical (unpaired) electrons. The Labute approximate surface area is 193 Å². The molecule has 0 spiro atoms. The molecule has 0 saturated heterocycles. The van der Waals surface area contributed by atoms with Gasteiger partial charge in [0, 0.05) is 19.2 Å². The van der Waals surface area contributed by atoms with Crippen LogP contribution in [0.5, 0.6) is 0 Å². The number of likely N-dealkylation sites (N-methyl/N-ethyl adjacent to an activating group) is 1. The van der Waals surface area contributed by atoms with Gasteiger partial charge in [-0.1, -0.05) is 84.9 Å². The lowest BCUT2D eigenvalue weighted by molar-refractivity contribution is -0.118. The van der Waals surface area contributed by atoms with Crippen LogP contribution in [0.3, 0.4) is 0 Å². The van der Waals surface area contributed by atoms with E-state index in [1.165, 1.54) is 11.1 Å². The zero-order valence-electron chi connectivity index (χ0n) is 18.6. The summed E-state index contributed by atoms with van der Waals surface area (Å²) in [5.74, 6) is 0.906. The van der Waals surface area contributed by atoms with Crippen LogP contribution >= 0.6 is 0 Å². The SMILES string of the molecule is CN(C(=O)Cn1c(Cc2ccc(-c3ccccc3)cc2)nc2ccccc21)c1ccccc1. The molecule has 4 nitrogen and oxygen atoms in total. The molecule has 0 saturated carbocycles. The fourth-order valence-corrected chi connectivity index (χ4v) is 4.10. The first-order chi connectivity index (χ1) is 16.2. The zero-order valence-corrected chi connectivity index (χ0v) is 18.6. The molecular weight excluding hydrogens is 406 g/mol. The van der Waals surface area contributed by atoms with Gasteiger partial charge in [0.1, 0.15) is 12.4 Å². The molecule has 33 heavy (non-hydrogen) atoms. The van der Waals surface area contributed by atoms with Crippen molar-refractivity contribution in [3.05, 3.63) is 121 Å². The number of fused-ring (bicyclic) bond motifs is 1. The number of para-hydroxylation sites is 3. The molecule has 0 aliphatic heterocycles. The number of amides is 1. The summed E-state index contributed by atoms with van der Waals surface area (Å²) in [7, 11) is 1.82. The highest BCUT2D eigenvalue weighted by Crippen LogP contribution is 2.23. The predicted octanol–water partition coefficient (Wildman–Crippen LogP) is 5.96. The van der Waals surface area contributed by atoms with Gasteiger partial charge in [0.05, 0.1) is 11.0 Å². The maximum Gasteiger partial charge on any atom is 0.246 e. The minimum atomic E-state index is 0.0185. The molecule has 0 N–H and O–H groups in total. The highest BCUT2D eigenvalue weighted by atomic mass is 16.2. The van der Waals surface area contributed by atoms with Gasteiger partial charge in [0.15, 0.2) is 0 Å². The Morgan fingerprint density at radius 2 is 1.36 bits per heavy atom. The normalized spacial score (nSPS) is 10.9. The molecule has 1 aromatic heterocycles. The van der Waals surface area contributed by atoms with E-state index in [-0.39, 0.29) is 12.5 Å². The molecule has 5 rings (SSSR count). The first-order valence-corrected chi connectivity index (χ1v) is 11.1. The lowest BCUT2D eigenvalue weighted by Gasteiger charge is -2.19. The van der Waals surface area contributed by atoms with E-state index in [9.17, 15) is 4.79 Å². The lowest BCUT2D eigenvalue weighted by atomic mass is 10.0. The van der Waals surface area contributed by atoms with Crippen molar-refractivity contribution < 1.29 is 4.79 Å². The smallest absolute Gasteiger partial charge is 0.246 e. The van der Waals surface area contributed by atoms with Crippen LogP contribution in [-0.4, -0.2) is 22.5 Å². The molecule has 0 aliphatic carbocycles. The van der Waals surface area contributed by atoms with Gasteiger partial charge < -0.3 is 9.47 Å². The van der Waals surface area contributed by atoms with Crippen LogP contribution in [-0.2, 0) is 17.8 Å². The highest BCUT2D eigenvalue weighted by Gasteiger charge is 2.17. The average Bonchev–Trinajstić information content (AvgIpc) is 3.21. The van der Waals surface area contributed by atoms with Crippen LogP contribution in [0.4, 0.5) is 5.69 Å². The van der Waals surface area contributed by atoms with E-state index in [1.807, 2.05) is 72.3 Å². The first-order valence-electron chi connectivity index (χ1n) is 11.1. The molecule has 0 atom stereocenters. The van der Waals surface area contributed by atoms with E-state index < -0.39 is 0 Å². The van der Waals surface area contributed by atoms with Crippen LogP contribution in [0.2, 0.25) is 0 Å². The third kappa shape index (κ3) is 4.41. The molecule has 0 fully saturated rings.